The van der Waals surface area contributed by atoms with Crippen molar-refractivity contribution in [2.45, 2.75) is 51.2 Å². The van der Waals surface area contributed by atoms with Crippen molar-refractivity contribution in [3.63, 3.8) is 0 Å². The second kappa shape index (κ2) is 11.5. The number of nitrogens with one attached hydrogen (secondary N) is 3. The summed E-state index contributed by atoms with van der Waals surface area (Å²) in [5.41, 5.74) is 1.20. The van der Waals surface area contributed by atoms with Gasteiger partial charge in [0, 0.05) is 39.2 Å². The quantitative estimate of drug-likeness (QED) is 0.322. The van der Waals surface area contributed by atoms with Gasteiger partial charge in [0.1, 0.15) is 0 Å². The minimum atomic E-state index is 0.107. The maximum absolute atomic E-state index is 11.6. The predicted octanol–water partition coefficient (Wildman–Crippen LogP) is 2.38. The molecule has 0 heterocycles. The number of carbonyl (C=O) groups excluding carboxylic acids is 1. The standard InChI is InChI=1S/C20H32N4O2/c1-16(17-8-4-3-5-9-17)26-15-7-14-23-20(21-2)22-13-6-10-19(25)24-18-11-12-18/h3-5,8-9,16,18H,6-7,10-15H2,1-2H3,(H,24,25)(H2,21,22,23). The van der Waals surface area contributed by atoms with E-state index >= 15 is 0 Å². The van der Waals surface area contributed by atoms with Crippen LogP contribution in [0.2, 0.25) is 0 Å². The Morgan fingerprint density at radius 2 is 1.88 bits per heavy atom. The van der Waals surface area contributed by atoms with Gasteiger partial charge in [0.2, 0.25) is 5.91 Å². The van der Waals surface area contributed by atoms with E-state index in [4.69, 9.17) is 4.74 Å². The number of hydrogen-bond donors (Lipinski definition) is 3. The van der Waals surface area contributed by atoms with Crippen LogP contribution in [0, 0.1) is 0 Å². The highest BCUT2D eigenvalue weighted by Crippen LogP contribution is 2.18. The van der Waals surface area contributed by atoms with Gasteiger partial charge in [-0.3, -0.25) is 9.79 Å². The van der Waals surface area contributed by atoms with Crippen molar-refractivity contribution in [2.24, 2.45) is 4.99 Å². The molecule has 6 heteroatoms. The van der Waals surface area contributed by atoms with Gasteiger partial charge in [-0.15, -0.1) is 0 Å². The first-order valence-electron chi connectivity index (χ1n) is 9.59. The zero-order valence-corrected chi connectivity index (χ0v) is 16.0. The number of rotatable bonds is 11. The number of guanidine groups is 1. The van der Waals surface area contributed by atoms with Crippen LogP contribution < -0.4 is 16.0 Å². The molecule has 26 heavy (non-hydrogen) atoms. The summed E-state index contributed by atoms with van der Waals surface area (Å²) in [5.74, 6) is 0.922. The van der Waals surface area contributed by atoms with E-state index in [2.05, 4.69) is 40.0 Å². The Kier molecular flexibility index (Phi) is 8.96. The Hall–Kier alpha value is -2.08. The fourth-order valence-electron chi connectivity index (χ4n) is 2.56. The Morgan fingerprint density at radius 3 is 2.54 bits per heavy atom. The van der Waals surface area contributed by atoms with Crippen molar-refractivity contribution in [3.8, 4) is 0 Å². The third kappa shape index (κ3) is 8.34. The number of ether oxygens (including phenoxy) is 1. The summed E-state index contributed by atoms with van der Waals surface area (Å²) in [6, 6.07) is 10.7. The van der Waals surface area contributed by atoms with Crippen LogP contribution in [0.15, 0.2) is 35.3 Å². The Balaban J connectivity index is 1.48. The molecule has 0 spiro atoms. The van der Waals surface area contributed by atoms with E-state index in [0.29, 0.717) is 19.1 Å². The second-order valence-corrected chi connectivity index (χ2v) is 6.65. The van der Waals surface area contributed by atoms with Crippen molar-refractivity contribution in [1.82, 2.24) is 16.0 Å². The van der Waals surface area contributed by atoms with Gasteiger partial charge in [0.25, 0.3) is 0 Å². The molecule has 1 saturated carbocycles. The molecule has 1 aromatic carbocycles. The number of amides is 1. The van der Waals surface area contributed by atoms with Crippen LogP contribution in [-0.2, 0) is 9.53 Å². The van der Waals surface area contributed by atoms with Gasteiger partial charge in [0.15, 0.2) is 5.96 Å². The van der Waals surface area contributed by atoms with Crippen LogP contribution in [0.4, 0.5) is 0 Å². The van der Waals surface area contributed by atoms with E-state index in [-0.39, 0.29) is 12.0 Å². The average molecular weight is 361 g/mol. The predicted molar refractivity (Wildman–Crippen MR) is 105 cm³/mol. The van der Waals surface area contributed by atoms with Gasteiger partial charge < -0.3 is 20.7 Å². The fourth-order valence-corrected chi connectivity index (χ4v) is 2.56. The van der Waals surface area contributed by atoms with Crippen LogP contribution >= 0.6 is 0 Å². The van der Waals surface area contributed by atoms with E-state index in [1.807, 2.05) is 18.2 Å². The molecule has 1 aliphatic rings. The summed E-state index contributed by atoms with van der Waals surface area (Å²) in [6.45, 7) is 4.30. The molecule has 0 radical (unpaired) electrons. The first-order chi connectivity index (χ1) is 12.7. The summed E-state index contributed by atoms with van der Waals surface area (Å²) in [4.78, 5) is 15.8. The monoisotopic (exact) mass is 360 g/mol. The van der Waals surface area contributed by atoms with Crippen molar-refractivity contribution in [1.29, 1.82) is 0 Å². The van der Waals surface area contributed by atoms with Gasteiger partial charge in [-0.25, -0.2) is 0 Å². The molecular weight excluding hydrogens is 328 g/mol. The largest absolute Gasteiger partial charge is 0.374 e. The lowest BCUT2D eigenvalue weighted by Gasteiger charge is -2.15. The smallest absolute Gasteiger partial charge is 0.220 e. The van der Waals surface area contributed by atoms with E-state index in [1.165, 1.54) is 5.56 Å². The van der Waals surface area contributed by atoms with Crippen molar-refractivity contribution >= 4 is 11.9 Å². The van der Waals surface area contributed by atoms with Gasteiger partial charge in [-0.2, -0.15) is 0 Å². The van der Waals surface area contributed by atoms with Crippen LogP contribution in [0.1, 0.15) is 50.7 Å². The van der Waals surface area contributed by atoms with Crippen LogP contribution in [0.3, 0.4) is 0 Å². The SMILES string of the molecule is CN=C(NCCCOC(C)c1ccccc1)NCCCC(=O)NC1CC1. The molecule has 0 aliphatic heterocycles. The van der Waals surface area contributed by atoms with Crippen molar-refractivity contribution < 1.29 is 9.53 Å². The first-order valence-corrected chi connectivity index (χ1v) is 9.59. The lowest BCUT2D eigenvalue weighted by Crippen LogP contribution is -2.38. The molecule has 1 atom stereocenters. The second-order valence-electron chi connectivity index (χ2n) is 6.65. The molecule has 1 aromatic rings. The van der Waals surface area contributed by atoms with Crippen LogP contribution in [0.5, 0.6) is 0 Å². The maximum Gasteiger partial charge on any atom is 0.220 e. The zero-order chi connectivity index (χ0) is 18.6. The maximum atomic E-state index is 11.6. The molecule has 1 unspecified atom stereocenters. The lowest BCUT2D eigenvalue weighted by atomic mass is 10.1. The highest BCUT2D eigenvalue weighted by Gasteiger charge is 2.22. The highest BCUT2D eigenvalue weighted by molar-refractivity contribution is 5.79. The number of carbonyl (C=O) groups is 1. The third-order valence-electron chi connectivity index (χ3n) is 4.29. The zero-order valence-electron chi connectivity index (χ0n) is 16.0. The number of aliphatic imine (C=N–C) groups is 1. The molecule has 1 fully saturated rings. The summed E-state index contributed by atoms with van der Waals surface area (Å²) in [6.07, 6.45) is 4.64. The van der Waals surface area contributed by atoms with Crippen molar-refractivity contribution in [2.75, 3.05) is 26.7 Å². The Bertz CT molecular complexity index is 558. The molecule has 144 valence electrons. The van der Waals surface area contributed by atoms with E-state index in [9.17, 15) is 4.79 Å². The Morgan fingerprint density at radius 1 is 1.19 bits per heavy atom. The molecule has 0 saturated heterocycles. The van der Waals surface area contributed by atoms with Crippen LogP contribution in [0.25, 0.3) is 0 Å². The van der Waals surface area contributed by atoms with E-state index < -0.39 is 0 Å². The van der Waals surface area contributed by atoms with Crippen LogP contribution in [-0.4, -0.2) is 44.7 Å². The minimum Gasteiger partial charge on any atom is -0.374 e. The van der Waals surface area contributed by atoms with Gasteiger partial charge in [-0.1, -0.05) is 30.3 Å². The first kappa shape index (κ1) is 20.2. The molecule has 3 N–H and O–H groups in total. The Labute approximate surface area is 156 Å². The molecular formula is C20H32N4O2. The molecule has 0 bridgehead atoms. The lowest BCUT2D eigenvalue weighted by molar-refractivity contribution is -0.121. The molecule has 0 aromatic heterocycles. The van der Waals surface area contributed by atoms with E-state index in [0.717, 1.165) is 44.7 Å². The topological polar surface area (TPSA) is 74.8 Å². The minimum absolute atomic E-state index is 0.107. The van der Waals surface area contributed by atoms with Gasteiger partial charge in [0.05, 0.1) is 6.10 Å². The average Bonchev–Trinajstić information content (AvgIpc) is 3.47. The van der Waals surface area contributed by atoms with Gasteiger partial charge in [-0.05, 0) is 38.2 Å². The third-order valence-corrected chi connectivity index (χ3v) is 4.29. The van der Waals surface area contributed by atoms with E-state index in [1.54, 1.807) is 7.05 Å². The summed E-state index contributed by atoms with van der Waals surface area (Å²) < 4.78 is 5.86. The molecule has 1 amide bonds. The normalized spacial score (nSPS) is 15.4. The fraction of sp³-hybridized carbons (Fsp3) is 0.600. The number of hydrogen-bond acceptors (Lipinski definition) is 3. The molecule has 2 rings (SSSR count). The molecule has 1 aliphatic carbocycles. The summed E-state index contributed by atoms with van der Waals surface area (Å²) in [7, 11) is 1.75. The molecule has 6 nitrogen and oxygen atoms in total. The number of benzene rings is 1. The van der Waals surface area contributed by atoms with Gasteiger partial charge >= 0.3 is 0 Å². The highest BCUT2D eigenvalue weighted by atomic mass is 16.5. The number of nitrogens with zero attached hydrogens (tertiary/aromatic N) is 1. The van der Waals surface area contributed by atoms with Crippen molar-refractivity contribution in [3.05, 3.63) is 35.9 Å². The summed E-state index contributed by atoms with van der Waals surface area (Å²) >= 11 is 0. The summed E-state index contributed by atoms with van der Waals surface area (Å²) in [5, 5.41) is 9.51.